The van der Waals surface area contributed by atoms with Crippen molar-refractivity contribution >= 4 is 22.4 Å². The number of carbonyl (C=O) groups excluding carboxylic acids is 1. The van der Waals surface area contributed by atoms with Gasteiger partial charge >= 0.3 is 0 Å². The second-order valence-electron chi connectivity index (χ2n) is 6.09. The van der Waals surface area contributed by atoms with Crippen LogP contribution in [-0.2, 0) is 0 Å². The predicted octanol–water partition coefficient (Wildman–Crippen LogP) is 5.10. The lowest BCUT2D eigenvalue weighted by atomic mass is 10.2. The summed E-state index contributed by atoms with van der Waals surface area (Å²) in [6.07, 6.45) is 0. The lowest BCUT2D eigenvalue weighted by Crippen LogP contribution is -2.11. The average molecular weight is 352 g/mol. The van der Waals surface area contributed by atoms with Crippen LogP contribution in [0.15, 0.2) is 60.0 Å². The summed E-state index contributed by atoms with van der Waals surface area (Å²) in [7, 11) is 0. The highest BCUT2D eigenvalue weighted by atomic mass is 32.1. The zero-order valence-corrected chi connectivity index (χ0v) is 15.0. The minimum atomic E-state index is -0.177. The summed E-state index contributed by atoms with van der Waals surface area (Å²) in [5.74, 6) is 1.06. The van der Waals surface area contributed by atoms with Crippen LogP contribution in [0.2, 0.25) is 0 Å². The van der Waals surface area contributed by atoms with Crippen molar-refractivity contribution in [2.45, 2.75) is 13.8 Å². The highest BCUT2D eigenvalue weighted by molar-refractivity contribution is 7.14. The first-order valence-electron chi connectivity index (χ1n) is 8.17. The highest BCUT2D eigenvalue weighted by Crippen LogP contribution is 2.25. The van der Waals surface area contributed by atoms with Crippen LogP contribution < -0.4 is 10.1 Å². The van der Waals surface area contributed by atoms with Gasteiger partial charge in [0.1, 0.15) is 5.75 Å². The van der Waals surface area contributed by atoms with Gasteiger partial charge < -0.3 is 4.74 Å². The van der Waals surface area contributed by atoms with Crippen molar-refractivity contribution in [2.75, 3.05) is 11.9 Å². The molecule has 0 spiro atoms. The monoisotopic (exact) mass is 352 g/mol. The fourth-order valence-corrected chi connectivity index (χ4v) is 2.92. The van der Waals surface area contributed by atoms with Crippen molar-refractivity contribution in [2.24, 2.45) is 5.92 Å². The Hall–Kier alpha value is -2.66. The molecule has 5 heteroatoms. The molecule has 0 unspecified atom stereocenters. The minimum Gasteiger partial charge on any atom is -0.493 e. The molecule has 2 aromatic carbocycles. The van der Waals surface area contributed by atoms with Gasteiger partial charge in [-0.2, -0.15) is 0 Å². The summed E-state index contributed by atoms with van der Waals surface area (Å²) in [4.78, 5) is 16.8. The molecule has 1 amide bonds. The SMILES string of the molecule is CC(C)COc1ccc(C(=O)Nc2nc(-c3ccccc3)cs2)cc1. The first kappa shape index (κ1) is 17.2. The summed E-state index contributed by atoms with van der Waals surface area (Å²) in [5.41, 5.74) is 2.47. The number of carbonyl (C=O) groups is 1. The lowest BCUT2D eigenvalue weighted by molar-refractivity contribution is 0.102. The lowest BCUT2D eigenvalue weighted by Gasteiger charge is -2.09. The Morgan fingerprint density at radius 3 is 2.52 bits per heavy atom. The summed E-state index contributed by atoms with van der Waals surface area (Å²) in [5, 5.41) is 5.37. The van der Waals surface area contributed by atoms with Gasteiger partial charge in [0.05, 0.1) is 12.3 Å². The number of thiazole rings is 1. The van der Waals surface area contributed by atoms with Crippen LogP contribution in [-0.4, -0.2) is 17.5 Å². The molecule has 0 bridgehead atoms. The summed E-state index contributed by atoms with van der Waals surface area (Å²) in [6.45, 7) is 4.85. The van der Waals surface area contributed by atoms with Crippen LogP contribution in [0.5, 0.6) is 5.75 Å². The molecule has 0 saturated carbocycles. The summed E-state index contributed by atoms with van der Waals surface area (Å²) < 4.78 is 5.63. The van der Waals surface area contributed by atoms with E-state index in [-0.39, 0.29) is 5.91 Å². The van der Waals surface area contributed by atoms with Gasteiger partial charge in [0.15, 0.2) is 5.13 Å². The number of benzene rings is 2. The summed E-state index contributed by atoms with van der Waals surface area (Å²) >= 11 is 1.41. The van der Waals surface area contributed by atoms with Gasteiger partial charge in [-0.3, -0.25) is 10.1 Å². The van der Waals surface area contributed by atoms with E-state index >= 15 is 0 Å². The topological polar surface area (TPSA) is 51.2 Å². The van der Waals surface area contributed by atoms with Crippen LogP contribution in [0.4, 0.5) is 5.13 Å². The maximum absolute atomic E-state index is 12.4. The number of anilines is 1. The van der Waals surface area contributed by atoms with Crippen LogP contribution in [0.3, 0.4) is 0 Å². The van der Waals surface area contributed by atoms with E-state index in [9.17, 15) is 4.79 Å². The van der Waals surface area contributed by atoms with Crippen molar-refractivity contribution in [1.82, 2.24) is 4.98 Å². The fraction of sp³-hybridized carbons (Fsp3) is 0.200. The predicted molar refractivity (Wildman–Crippen MR) is 102 cm³/mol. The first-order chi connectivity index (χ1) is 12.1. The largest absolute Gasteiger partial charge is 0.493 e. The Balaban J connectivity index is 1.63. The molecule has 0 aliphatic carbocycles. The molecule has 0 atom stereocenters. The molecule has 3 aromatic rings. The molecule has 1 N–H and O–H groups in total. The Labute approximate surface area is 151 Å². The third-order valence-corrected chi connectivity index (χ3v) is 4.25. The maximum Gasteiger partial charge on any atom is 0.257 e. The van der Waals surface area contributed by atoms with Gasteiger partial charge in [-0.05, 0) is 30.2 Å². The maximum atomic E-state index is 12.4. The van der Waals surface area contributed by atoms with Gasteiger partial charge in [0.25, 0.3) is 5.91 Å². The third kappa shape index (κ3) is 4.67. The van der Waals surface area contributed by atoms with E-state index in [1.54, 1.807) is 12.1 Å². The highest BCUT2D eigenvalue weighted by Gasteiger charge is 2.10. The van der Waals surface area contributed by atoms with E-state index in [2.05, 4.69) is 24.1 Å². The van der Waals surface area contributed by atoms with Crippen LogP contribution >= 0.6 is 11.3 Å². The number of amides is 1. The average Bonchev–Trinajstić information content (AvgIpc) is 3.09. The van der Waals surface area contributed by atoms with Gasteiger partial charge in [0, 0.05) is 16.5 Å². The standard InChI is InChI=1S/C20H20N2O2S/c1-14(2)12-24-17-10-8-16(9-11-17)19(23)22-20-21-18(13-25-20)15-6-4-3-5-7-15/h3-11,13-14H,12H2,1-2H3,(H,21,22,23). The van der Waals surface area contributed by atoms with Gasteiger partial charge in [-0.15, -0.1) is 11.3 Å². The molecule has 1 aromatic heterocycles. The van der Waals surface area contributed by atoms with Gasteiger partial charge in [-0.1, -0.05) is 44.2 Å². The zero-order valence-electron chi connectivity index (χ0n) is 14.2. The third-order valence-electron chi connectivity index (χ3n) is 3.49. The molecule has 0 aliphatic heterocycles. The normalized spacial score (nSPS) is 10.7. The Bertz CT molecular complexity index is 826. The number of ether oxygens (including phenoxy) is 1. The van der Waals surface area contributed by atoms with Gasteiger partial charge in [-0.25, -0.2) is 4.98 Å². The molecule has 0 radical (unpaired) electrons. The van der Waals surface area contributed by atoms with Gasteiger partial charge in [0.2, 0.25) is 0 Å². The number of nitrogens with zero attached hydrogens (tertiary/aromatic N) is 1. The van der Waals surface area contributed by atoms with Crippen molar-refractivity contribution in [3.63, 3.8) is 0 Å². The van der Waals surface area contributed by atoms with Crippen molar-refractivity contribution in [3.05, 3.63) is 65.5 Å². The fourth-order valence-electron chi connectivity index (χ4n) is 2.21. The number of rotatable bonds is 6. The zero-order chi connectivity index (χ0) is 17.6. The number of nitrogens with one attached hydrogen (secondary N) is 1. The molecule has 1 heterocycles. The van der Waals surface area contributed by atoms with E-state index in [0.29, 0.717) is 23.2 Å². The first-order valence-corrected chi connectivity index (χ1v) is 9.05. The van der Waals surface area contributed by atoms with Crippen LogP contribution in [0, 0.1) is 5.92 Å². The smallest absolute Gasteiger partial charge is 0.257 e. The minimum absolute atomic E-state index is 0.177. The number of hydrogen-bond acceptors (Lipinski definition) is 4. The van der Waals surface area contributed by atoms with E-state index in [4.69, 9.17) is 4.74 Å². The molecule has 0 fully saturated rings. The molecule has 3 rings (SSSR count). The molecule has 25 heavy (non-hydrogen) atoms. The van der Waals surface area contributed by atoms with Crippen molar-refractivity contribution in [3.8, 4) is 17.0 Å². The summed E-state index contributed by atoms with van der Waals surface area (Å²) in [6, 6.07) is 17.0. The molecule has 0 aliphatic rings. The van der Waals surface area contributed by atoms with E-state index in [1.807, 2.05) is 47.8 Å². The van der Waals surface area contributed by atoms with Crippen LogP contribution in [0.1, 0.15) is 24.2 Å². The Kier molecular flexibility index (Phi) is 5.46. The quantitative estimate of drug-likeness (QED) is 0.672. The Morgan fingerprint density at radius 2 is 1.84 bits per heavy atom. The Morgan fingerprint density at radius 1 is 1.12 bits per heavy atom. The molecule has 128 valence electrons. The van der Waals surface area contributed by atoms with Crippen molar-refractivity contribution < 1.29 is 9.53 Å². The second-order valence-corrected chi connectivity index (χ2v) is 6.95. The molecule has 4 nitrogen and oxygen atoms in total. The number of hydrogen-bond donors (Lipinski definition) is 1. The van der Waals surface area contributed by atoms with E-state index in [1.165, 1.54) is 11.3 Å². The molecule has 0 saturated heterocycles. The van der Waals surface area contributed by atoms with E-state index < -0.39 is 0 Å². The number of aromatic nitrogens is 1. The van der Waals surface area contributed by atoms with E-state index in [0.717, 1.165) is 17.0 Å². The second kappa shape index (κ2) is 7.94. The van der Waals surface area contributed by atoms with Crippen molar-refractivity contribution in [1.29, 1.82) is 0 Å². The molecular weight excluding hydrogens is 332 g/mol. The molecular formula is C20H20N2O2S. The van der Waals surface area contributed by atoms with Crippen LogP contribution in [0.25, 0.3) is 11.3 Å².